The number of halogens is 1. The summed E-state index contributed by atoms with van der Waals surface area (Å²) in [4.78, 5) is 30.4. The second-order valence-corrected chi connectivity index (χ2v) is 8.79. The molecule has 1 fully saturated rings. The van der Waals surface area contributed by atoms with Crippen molar-refractivity contribution in [2.45, 2.75) is 84.7 Å². The fourth-order valence-corrected chi connectivity index (χ4v) is 3.45. The Bertz CT molecular complexity index is 527. The Kier molecular flexibility index (Phi) is 15.1. The zero-order chi connectivity index (χ0) is 21.7. The first-order valence-corrected chi connectivity index (χ1v) is 11.2. The average Bonchev–Trinajstić information content (AvgIpc) is 2.65. The summed E-state index contributed by atoms with van der Waals surface area (Å²) in [5.74, 6) is 1.49. The lowest BCUT2D eigenvalue weighted by Gasteiger charge is -2.34. The van der Waals surface area contributed by atoms with E-state index in [4.69, 9.17) is 9.73 Å². The summed E-state index contributed by atoms with van der Waals surface area (Å²) in [6, 6.07) is 0. The number of carbonyl (C=O) groups excluding carboxylic acids is 2. The van der Waals surface area contributed by atoms with Gasteiger partial charge in [-0.3, -0.25) is 14.6 Å². The van der Waals surface area contributed by atoms with Crippen molar-refractivity contribution in [1.82, 2.24) is 15.5 Å². The van der Waals surface area contributed by atoms with E-state index in [2.05, 4.69) is 22.5 Å². The molecule has 1 amide bonds. The summed E-state index contributed by atoms with van der Waals surface area (Å²) in [6.07, 6.45) is 7.17. The molecular formula is C22H43IN4O3. The highest BCUT2D eigenvalue weighted by atomic mass is 127. The number of ether oxygens (including phenoxy) is 1. The molecule has 0 aromatic carbocycles. The van der Waals surface area contributed by atoms with E-state index in [0.29, 0.717) is 18.8 Å². The molecule has 0 saturated carbocycles. The van der Waals surface area contributed by atoms with E-state index in [0.717, 1.165) is 70.7 Å². The molecule has 0 unspecified atom stereocenters. The van der Waals surface area contributed by atoms with Crippen LogP contribution in [-0.4, -0.2) is 61.6 Å². The van der Waals surface area contributed by atoms with Gasteiger partial charge in [-0.2, -0.15) is 0 Å². The maximum atomic E-state index is 11.7. The van der Waals surface area contributed by atoms with Gasteiger partial charge in [0.1, 0.15) is 5.60 Å². The van der Waals surface area contributed by atoms with E-state index >= 15 is 0 Å². The molecule has 1 saturated heterocycles. The van der Waals surface area contributed by atoms with E-state index < -0.39 is 5.60 Å². The SMILES string of the molecule is CCNC(=NCCCCCCC(=O)OC(C)(C)C)N1CCC(CC(=O)NC)CC1.I. The number of esters is 1. The number of aliphatic imine (C=N–C) groups is 1. The Morgan fingerprint density at radius 2 is 1.73 bits per heavy atom. The van der Waals surface area contributed by atoms with Gasteiger partial charge >= 0.3 is 5.97 Å². The Balaban J connectivity index is 0.00000841. The van der Waals surface area contributed by atoms with Gasteiger partial charge in [-0.15, -0.1) is 24.0 Å². The lowest BCUT2D eigenvalue weighted by Crippen LogP contribution is -2.46. The van der Waals surface area contributed by atoms with Crippen LogP contribution in [0.5, 0.6) is 0 Å². The zero-order valence-electron chi connectivity index (χ0n) is 19.6. The van der Waals surface area contributed by atoms with Gasteiger partial charge in [0.2, 0.25) is 5.91 Å². The number of unbranched alkanes of at least 4 members (excludes halogenated alkanes) is 3. The fraction of sp³-hybridized carbons (Fsp3) is 0.864. The zero-order valence-corrected chi connectivity index (χ0v) is 21.9. The first kappa shape index (κ1) is 28.9. The van der Waals surface area contributed by atoms with Gasteiger partial charge in [0, 0.05) is 46.1 Å². The fourth-order valence-electron chi connectivity index (χ4n) is 3.45. The number of amides is 1. The molecule has 30 heavy (non-hydrogen) atoms. The number of guanidine groups is 1. The minimum absolute atomic E-state index is 0. The van der Waals surface area contributed by atoms with Crippen LogP contribution in [0.1, 0.15) is 79.1 Å². The molecule has 1 rings (SSSR count). The van der Waals surface area contributed by atoms with Crippen LogP contribution in [0, 0.1) is 5.92 Å². The maximum absolute atomic E-state index is 11.7. The van der Waals surface area contributed by atoms with Crippen LogP contribution in [0.4, 0.5) is 0 Å². The molecule has 1 heterocycles. The smallest absolute Gasteiger partial charge is 0.306 e. The number of carbonyl (C=O) groups is 2. The molecule has 0 aromatic rings. The second kappa shape index (κ2) is 15.7. The van der Waals surface area contributed by atoms with Crippen LogP contribution in [0.15, 0.2) is 4.99 Å². The molecule has 8 heteroatoms. The quantitative estimate of drug-likeness (QED) is 0.146. The molecule has 7 nitrogen and oxygen atoms in total. The van der Waals surface area contributed by atoms with E-state index in [9.17, 15) is 9.59 Å². The van der Waals surface area contributed by atoms with Gasteiger partial charge in [0.25, 0.3) is 0 Å². The highest BCUT2D eigenvalue weighted by molar-refractivity contribution is 14.0. The molecule has 2 N–H and O–H groups in total. The van der Waals surface area contributed by atoms with Crippen LogP contribution >= 0.6 is 24.0 Å². The monoisotopic (exact) mass is 538 g/mol. The summed E-state index contributed by atoms with van der Waals surface area (Å²) in [5, 5.41) is 6.11. The Morgan fingerprint density at radius 1 is 1.10 bits per heavy atom. The van der Waals surface area contributed by atoms with E-state index in [1.165, 1.54) is 0 Å². The number of likely N-dealkylation sites (tertiary alicyclic amines) is 1. The lowest BCUT2D eigenvalue weighted by atomic mass is 9.93. The van der Waals surface area contributed by atoms with Crippen molar-refractivity contribution < 1.29 is 14.3 Å². The van der Waals surface area contributed by atoms with Crippen LogP contribution in [-0.2, 0) is 14.3 Å². The van der Waals surface area contributed by atoms with Gasteiger partial charge in [-0.25, -0.2) is 0 Å². The third kappa shape index (κ3) is 13.3. The molecule has 176 valence electrons. The molecule has 0 aromatic heterocycles. The van der Waals surface area contributed by atoms with Crippen molar-refractivity contribution in [2.24, 2.45) is 10.9 Å². The molecule has 0 atom stereocenters. The van der Waals surface area contributed by atoms with Crippen molar-refractivity contribution in [2.75, 3.05) is 33.2 Å². The minimum Gasteiger partial charge on any atom is -0.460 e. The Morgan fingerprint density at radius 3 is 2.30 bits per heavy atom. The largest absolute Gasteiger partial charge is 0.460 e. The normalized spacial score (nSPS) is 15.4. The first-order valence-electron chi connectivity index (χ1n) is 11.2. The van der Waals surface area contributed by atoms with Crippen molar-refractivity contribution in [3.63, 3.8) is 0 Å². The summed E-state index contributed by atoms with van der Waals surface area (Å²) in [5.41, 5.74) is -0.397. The number of nitrogens with one attached hydrogen (secondary N) is 2. The minimum atomic E-state index is -0.397. The van der Waals surface area contributed by atoms with E-state index in [-0.39, 0.29) is 35.9 Å². The molecule has 0 aliphatic carbocycles. The standard InChI is InChI=1S/C22H42N4O3.HI/c1-6-24-21(26-15-12-18(13-16-26)17-19(27)23-5)25-14-10-8-7-9-11-20(28)29-22(2,3)4;/h18H,6-17H2,1-5H3,(H,23,27)(H,24,25);1H. The third-order valence-electron chi connectivity index (χ3n) is 4.97. The maximum Gasteiger partial charge on any atom is 0.306 e. The number of nitrogens with zero attached hydrogens (tertiary/aromatic N) is 2. The molecule has 0 spiro atoms. The molecule has 1 aliphatic heterocycles. The predicted octanol–water partition coefficient (Wildman–Crippen LogP) is 3.71. The summed E-state index contributed by atoms with van der Waals surface area (Å²) in [6.45, 7) is 11.3. The van der Waals surface area contributed by atoms with Crippen molar-refractivity contribution >= 4 is 41.8 Å². The molecule has 0 radical (unpaired) electrons. The lowest BCUT2D eigenvalue weighted by molar-refractivity contribution is -0.154. The predicted molar refractivity (Wildman–Crippen MR) is 133 cm³/mol. The van der Waals surface area contributed by atoms with Gasteiger partial charge in [0.15, 0.2) is 5.96 Å². The van der Waals surface area contributed by atoms with Crippen LogP contribution in [0.25, 0.3) is 0 Å². The summed E-state index contributed by atoms with van der Waals surface area (Å²) >= 11 is 0. The summed E-state index contributed by atoms with van der Waals surface area (Å²) in [7, 11) is 1.70. The highest BCUT2D eigenvalue weighted by Gasteiger charge is 2.23. The number of piperidine rings is 1. The average molecular weight is 539 g/mol. The van der Waals surface area contributed by atoms with E-state index in [1.54, 1.807) is 7.05 Å². The molecule has 0 bridgehead atoms. The second-order valence-electron chi connectivity index (χ2n) is 8.79. The topological polar surface area (TPSA) is 83.0 Å². The summed E-state index contributed by atoms with van der Waals surface area (Å²) < 4.78 is 5.33. The highest BCUT2D eigenvalue weighted by Crippen LogP contribution is 2.20. The van der Waals surface area contributed by atoms with Gasteiger partial charge < -0.3 is 20.3 Å². The third-order valence-corrected chi connectivity index (χ3v) is 4.97. The van der Waals surface area contributed by atoms with Crippen LogP contribution in [0.2, 0.25) is 0 Å². The number of hydrogen-bond donors (Lipinski definition) is 2. The van der Waals surface area contributed by atoms with Gasteiger partial charge in [0.05, 0.1) is 0 Å². The van der Waals surface area contributed by atoms with Crippen molar-refractivity contribution in [3.05, 3.63) is 0 Å². The van der Waals surface area contributed by atoms with Crippen molar-refractivity contribution in [1.29, 1.82) is 0 Å². The van der Waals surface area contributed by atoms with Gasteiger partial charge in [-0.05, 0) is 59.3 Å². The van der Waals surface area contributed by atoms with Crippen molar-refractivity contribution in [3.8, 4) is 0 Å². The molecular weight excluding hydrogens is 495 g/mol. The first-order chi connectivity index (χ1) is 13.7. The van der Waals surface area contributed by atoms with Gasteiger partial charge in [-0.1, -0.05) is 12.8 Å². The number of hydrogen-bond acceptors (Lipinski definition) is 4. The van der Waals surface area contributed by atoms with Crippen LogP contribution in [0.3, 0.4) is 0 Å². The Labute approximate surface area is 200 Å². The van der Waals surface area contributed by atoms with Crippen LogP contribution < -0.4 is 10.6 Å². The van der Waals surface area contributed by atoms with E-state index in [1.807, 2.05) is 20.8 Å². The Hall–Kier alpha value is -1.06. The number of rotatable bonds is 10. The molecule has 1 aliphatic rings.